The van der Waals surface area contributed by atoms with Crippen LogP contribution in [0.2, 0.25) is 0 Å². The van der Waals surface area contributed by atoms with Crippen molar-refractivity contribution < 1.29 is 9.15 Å². The monoisotopic (exact) mass is 357 g/mol. The molecule has 140 valence electrons. The molecule has 1 N–H and O–H groups in total. The first-order valence-corrected chi connectivity index (χ1v) is 9.33. The van der Waals surface area contributed by atoms with Gasteiger partial charge in [0, 0.05) is 49.9 Å². The SMILES string of the molecule is COC[C@@H]1CN(c2ccc3c4c(c(=O)oc3c2C)CNCC4)CCN1C. The quantitative estimate of drug-likeness (QED) is 0.841. The van der Waals surface area contributed by atoms with Crippen LogP contribution < -0.4 is 15.8 Å². The van der Waals surface area contributed by atoms with E-state index in [1.54, 1.807) is 7.11 Å². The number of likely N-dealkylation sites (N-methyl/N-ethyl adjacent to an activating group) is 1. The van der Waals surface area contributed by atoms with Crippen LogP contribution in [0.5, 0.6) is 0 Å². The zero-order chi connectivity index (χ0) is 18.3. The van der Waals surface area contributed by atoms with Gasteiger partial charge in [-0.05, 0) is 44.6 Å². The molecule has 6 nitrogen and oxygen atoms in total. The van der Waals surface area contributed by atoms with Gasteiger partial charge in [-0.25, -0.2) is 4.79 Å². The third-order valence-electron chi connectivity index (χ3n) is 5.84. The molecule has 2 aromatic rings. The van der Waals surface area contributed by atoms with Crippen LogP contribution in [0.4, 0.5) is 5.69 Å². The molecule has 2 aliphatic rings. The summed E-state index contributed by atoms with van der Waals surface area (Å²) in [5.41, 5.74) is 4.70. The van der Waals surface area contributed by atoms with Crippen molar-refractivity contribution >= 4 is 16.7 Å². The predicted octanol–water partition coefficient (Wildman–Crippen LogP) is 1.51. The van der Waals surface area contributed by atoms with Gasteiger partial charge in [0.05, 0.1) is 18.2 Å². The minimum absolute atomic E-state index is 0.199. The molecule has 1 aromatic heterocycles. The van der Waals surface area contributed by atoms with E-state index in [0.717, 1.165) is 72.6 Å². The summed E-state index contributed by atoms with van der Waals surface area (Å²) in [6, 6.07) is 4.69. The van der Waals surface area contributed by atoms with E-state index >= 15 is 0 Å². The Hall–Kier alpha value is -1.89. The third-order valence-corrected chi connectivity index (χ3v) is 5.84. The van der Waals surface area contributed by atoms with Crippen molar-refractivity contribution in [3.63, 3.8) is 0 Å². The van der Waals surface area contributed by atoms with Gasteiger partial charge >= 0.3 is 5.63 Å². The summed E-state index contributed by atoms with van der Waals surface area (Å²) in [6.07, 6.45) is 0.876. The lowest BCUT2D eigenvalue weighted by Crippen LogP contribution is -2.53. The Kier molecular flexibility index (Phi) is 4.73. The highest BCUT2D eigenvalue weighted by Gasteiger charge is 2.27. The van der Waals surface area contributed by atoms with Gasteiger partial charge in [-0.2, -0.15) is 0 Å². The van der Waals surface area contributed by atoms with Gasteiger partial charge in [0.1, 0.15) is 5.58 Å². The number of rotatable bonds is 3. The third kappa shape index (κ3) is 2.92. The summed E-state index contributed by atoms with van der Waals surface area (Å²) in [4.78, 5) is 17.2. The highest BCUT2D eigenvalue weighted by Crippen LogP contribution is 2.32. The Bertz CT molecular complexity index is 877. The number of nitrogens with zero attached hydrogens (tertiary/aromatic N) is 2. The molecule has 0 bridgehead atoms. The van der Waals surface area contributed by atoms with Crippen molar-refractivity contribution in [1.82, 2.24) is 10.2 Å². The number of aryl methyl sites for hydroxylation is 1. The lowest BCUT2D eigenvalue weighted by molar-refractivity contribution is 0.0987. The van der Waals surface area contributed by atoms with E-state index in [9.17, 15) is 4.79 Å². The summed E-state index contributed by atoms with van der Waals surface area (Å²) in [7, 11) is 3.90. The van der Waals surface area contributed by atoms with Crippen molar-refractivity contribution in [2.75, 3.05) is 51.8 Å². The number of nitrogens with one attached hydrogen (secondary N) is 1. The summed E-state index contributed by atoms with van der Waals surface area (Å²) in [5, 5.41) is 4.35. The maximum atomic E-state index is 12.5. The molecule has 0 aliphatic carbocycles. The number of ether oxygens (including phenoxy) is 1. The van der Waals surface area contributed by atoms with E-state index < -0.39 is 0 Å². The van der Waals surface area contributed by atoms with Gasteiger partial charge in [0.25, 0.3) is 0 Å². The van der Waals surface area contributed by atoms with E-state index in [-0.39, 0.29) is 5.63 Å². The number of benzene rings is 1. The molecule has 0 radical (unpaired) electrons. The Morgan fingerprint density at radius 3 is 2.96 bits per heavy atom. The number of hydrogen-bond donors (Lipinski definition) is 1. The number of methoxy groups -OCH3 is 1. The van der Waals surface area contributed by atoms with Crippen molar-refractivity contribution in [3.8, 4) is 0 Å². The maximum Gasteiger partial charge on any atom is 0.341 e. The molecule has 4 rings (SSSR count). The minimum atomic E-state index is -0.199. The number of piperazine rings is 1. The Labute approximate surface area is 153 Å². The highest BCUT2D eigenvalue weighted by molar-refractivity contribution is 5.88. The lowest BCUT2D eigenvalue weighted by atomic mass is 9.96. The van der Waals surface area contributed by atoms with E-state index in [0.29, 0.717) is 12.6 Å². The molecule has 1 atom stereocenters. The average Bonchev–Trinajstić information content (AvgIpc) is 2.65. The zero-order valence-electron chi connectivity index (χ0n) is 15.8. The maximum absolute atomic E-state index is 12.5. The van der Waals surface area contributed by atoms with E-state index in [1.807, 2.05) is 0 Å². The molecule has 6 heteroatoms. The van der Waals surface area contributed by atoms with Gasteiger partial charge in [0.2, 0.25) is 0 Å². The topological polar surface area (TPSA) is 58.0 Å². The van der Waals surface area contributed by atoms with Gasteiger partial charge in [0.15, 0.2) is 0 Å². The van der Waals surface area contributed by atoms with Crippen LogP contribution in [0, 0.1) is 6.92 Å². The summed E-state index contributed by atoms with van der Waals surface area (Å²) >= 11 is 0. The summed E-state index contributed by atoms with van der Waals surface area (Å²) in [5.74, 6) is 0. The first kappa shape index (κ1) is 17.5. The minimum Gasteiger partial charge on any atom is -0.422 e. The summed E-state index contributed by atoms with van der Waals surface area (Å²) < 4.78 is 11.1. The first-order valence-electron chi connectivity index (χ1n) is 9.33. The van der Waals surface area contributed by atoms with Crippen LogP contribution in [0.1, 0.15) is 16.7 Å². The van der Waals surface area contributed by atoms with Crippen molar-refractivity contribution in [3.05, 3.63) is 39.2 Å². The molecule has 0 spiro atoms. The fraction of sp³-hybridized carbons (Fsp3) is 0.550. The average molecular weight is 357 g/mol. The molecule has 1 aromatic carbocycles. The van der Waals surface area contributed by atoms with Crippen LogP contribution in [0.15, 0.2) is 21.3 Å². The van der Waals surface area contributed by atoms with Crippen molar-refractivity contribution in [2.24, 2.45) is 0 Å². The second kappa shape index (κ2) is 7.02. The lowest BCUT2D eigenvalue weighted by Gasteiger charge is -2.41. The number of hydrogen-bond acceptors (Lipinski definition) is 6. The van der Waals surface area contributed by atoms with Crippen LogP contribution in [0.25, 0.3) is 11.0 Å². The van der Waals surface area contributed by atoms with Crippen LogP contribution in [-0.2, 0) is 17.7 Å². The van der Waals surface area contributed by atoms with Gasteiger partial charge in [-0.1, -0.05) is 0 Å². The predicted molar refractivity (Wildman–Crippen MR) is 103 cm³/mol. The second-order valence-corrected chi connectivity index (χ2v) is 7.40. The fourth-order valence-corrected chi connectivity index (χ4v) is 4.26. The highest BCUT2D eigenvalue weighted by atomic mass is 16.5. The largest absolute Gasteiger partial charge is 0.422 e. The van der Waals surface area contributed by atoms with Crippen LogP contribution in [0.3, 0.4) is 0 Å². The molecule has 0 amide bonds. The van der Waals surface area contributed by atoms with E-state index in [2.05, 4.69) is 41.2 Å². The Balaban J connectivity index is 1.75. The molecular formula is C20H27N3O3. The fourth-order valence-electron chi connectivity index (χ4n) is 4.26. The van der Waals surface area contributed by atoms with Crippen molar-refractivity contribution in [1.29, 1.82) is 0 Å². The molecular weight excluding hydrogens is 330 g/mol. The smallest absolute Gasteiger partial charge is 0.341 e. The molecule has 26 heavy (non-hydrogen) atoms. The Morgan fingerprint density at radius 1 is 1.31 bits per heavy atom. The summed E-state index contributed by atoms with van der Waals surface area (Å²) in [6.45, 7) is 7.16. The van der Waals surface area contributed by atoms with Crippen LogP contribution in [-0.4, -0.2) is 57.9 Å². The molecule has 3 heterocycles. The second-order valence-electron chi connectivity index (χ2n) is 7.40. The van der Waals surface area contributed by atoms with Gasteiger partial charge in [-0.15, -0.1) is 0 Å². The van der Waals surface area contributed by atoms with Gasteiger partial charge < -0.3 is 19.4 Å². The molecule has 0 unspecified atom stereocenters. The number of fused-ring (bicyclic) bond motifs is 3. The normalized spacial score (nSPS) is 21.2. The van der Waals surface area contributed by atoms with E-state index in [1.165, 1.54) is 0 Å². The molecule has 2 aliphatic heterocycles. The molecule has 1 fully saturated rings. The van der Waals surface area contributed by atoms with Crippen molar-refractivity contribution in [2.45, 2.75) is 25.9 Å². The van der Waals surface area contributed by atoms with E-state index in [4.69, 9.17) is 9.15 Å². The van der Waals surface area contributed by atoms with Crippen LogP contribution >= 0.6 is 0 Å². The molecule has 1 saturated heterocycles. The number of anilines is 1. The molecule has 0 saturated carbocycles. The Morgan fingerprint density at radius 2 is 2.15 bits per heavy atom. The van der Waals surface area contributed by atoms with Gasteiger partial charge in [-0.3, -0.25) is 4.90 Å². The first-order chi connectivity index (χ1) is 12.6. The zero-order valence-corrected chi connectivity index (χ0v) is 15.8. The standard InChI is InChI=1S/C20H27N3O3/c1-13-18(23-9-8-22(2)14(11-23)12-25-3)5-4-16-15-6-7-21-10-17(15)20(24)26-19(13)16/h4-5,14,21H,6-12H2,1-3H3/t14-/m0/s1.